The van der Waals surface area contributed by atoms with Gasteiger partial charge in [-0.2, -0.15) is 0 Å². The van der Waals surface area contributed by atoms with E-state index in [0.717, 1.165) is 65.2 Å². The maximum Gasteiger partial charge on any atom is 0.258 e. The number of fused-ring (bicyclic) bond motifs is 2. The van der Waals surface area contributed by atoms with Crippen LogP contribution in [-0.4, -0.2) is 53.0 Å². The zero-order valence-electron chi connectivity index (χ0n) is 25.2. The molecule has 4 heterocycles. The molecule has 5 aromatic rings. The lowest BCUT2D eigenvalue weighted by Gasteiger charge is -2.29. The number of pyridine rings is 1. The van der Waals surface area contributed by atoms with E-state index >= 15 is 0 Å². The number of nitrogens with zero attached hydrogens (tertiary/aromatic N) is 4. The molecule has 0 unspecified atom stereocenters. The fourth-order valence-corrected chi connectivity index (χ4v) is 6.15. The highest BCUT2D eigenvalue weighted by atomic mass is 16.5. The lowest BCUT2D eigenvalue weighted by atomic mass is 10.1. The Bertz CT molecular complexity index is 1810. The lowest BCUT2D eigenvalue weighted by molar-refractivity contribution is -0.123. The van der Waals surface area contributed by atoms with Gasteiger partial charge in [0.25, 0.3) is 11.8 Å². The van der Waals surface area contributed by atoms with Crippen molar-refractivity contribution < 1.29 is 14.3 Å². The molecule has 0 atom stereocenters. The highest BCUT2D eigenvalue weighted by molar-refractivity contribution is 6.10. The normalized spacial score (nSPS) is 14.5. The summed E-state index contributed by atoms with van der Waals surface area (Å²) >= 11 is 0. The molecule has 0 spiro atoms. The van der Waals surface area contributed by atoms with Gasteiger partial charge < -0.3 is 24.8 Å². The number of amides is 2. The van der Waals surface area contributed by atoms with E-state index in [4.69, 9.17) is 9.72 Å². The second-order valence-electron chi connectivity index (χ2n) is 11.7. The van der Waals surface area contributed by atoms with Gasteiger partial charge in [0.15, 0.2) is 6.61 Å². The standard InChI is InChI=1S/C36H36N6O3/c43-34(38-16-4-5-25-14-17-37-18-15-25)24-45-30-10-6-26(7-11-30)35-39-32-13-9-29(22-33(32)40-35)42-23-27-21-28(8-12-31(27)36(42)44)41-19-2-1-3-20-41/h6-15,17-18,21-22H,1-5,16,19-20,23-24H2,(H,38,43)(H,39,40). The summed E-state index contributed by atoms with van der Waals surface area (Å²) < 4.78 is 5.69. The molecule has 0 aliphatic carbocycles. The molecule has 9 heteroatoms. The largest absolute Gasteiger partial charge is 0.484 e. The average Bonchev–Trinajstić information content (AvgIpc) is 3.67. The fourth-order valence-electron chi connectivity index (χ4n) is 6.15. The summed E-state index contributed by atoms with van der Waals surface area (Å²) in [6.45, 7) is 3.28. The van der Waals surface area contributed by atoms with Crippen LogP contribution in [0, 0.1) is 0 Å². The quantitative estimate of drug-likeness (QED) is 0.194. The summed E-state index contributed by atoms with van der Waals surface area (Å²) in [6.07, 6.45) is 9.03. The number of nitrogens with one attached hydrogen (secondary N) is 2. The van der Waals surface area contributed by atoms with Crippen LogP contribution in [0.3, 0.4) is 0 Å². The number of hydrogen-bond acceptors (Lipinski definition) is 6. The lowest BCUT2D eigenvalue weighted by Crippen LogP contribution is -2.29. The van der Waals surface area contributed by atoms with E-state index in [-0.39, 0.29) is 18.4 Å². The van der Waals surface area contributed by atoms with Crippen molar-refractivity contribution in [2.24, 2.45) is 0 Å². The maximum atomic E-state index is 13.3. The molecule has 0 bridgehead atoms. The minimum atomic E-state index is -0.149. The molecule has 2 N–H and O–H groups in total. The summed E-state index contributed by atoms with van der Waals surface area (Å²) in [5.74, 6) is 1.22. The first-order chi connectivity index (χ1) is 22.1. The molecule has 2 aliphatic heterocycles. The molecule has 3 aromatic carbocycles. The van der Waals surface area contributed by atoms with Gasteiger partial charge in [0.2, 0.25) is 0 Å². The third kappa shape index (κ3) is 6.38. The molecule has 1 fully saturated rings. The molecule has 0 radical (unpaired) electrons. The zero-order chi connectivity index (χ0) is 30.6. The smallest absolute Gasteiger partial charge is 0.258 e. The van der Waals surface area contributed by atoms with Crippen molar-refractivity contribution in [2.45, 2.75) is 38.6 Å². The number of carbonyl (C=O) groups excluding carboxylic acids is 2. The van der Waals surface area contributed by atoms with Crippen LogP contribution in [0.4, 0.5) is 11.4 Å². The molecule has 0 saturated carbocycles. The Morgan fingerprint density at radius 2 is 1.71 bits per heavy atom. The molecule has 7 rings (SSSR count). The number of piperidine rings is 1. The maximum absolute atomic E-state index is 13.3. The van der Waals surface area contributed by atoms with E-state index in [1.54, 1.807) is 12.4 Å². The summed E-state index contributed by atoms with van der Waals surface area (Å²) in [7, 11) is 0. The Hall–Kier alpha value is -5.18. The van der Waals surface area contributed by atoms with Crippen molar-refractivity contribution in [3.05, 3.63) is 102 Å². The molecule has 2 amide bonds. The first-order valence-electron chi connectivity index (χ1n) is 15.7. The van der Waals surface area contributed by atoms with Crippen molar-refractivity contribution in [3.8, 4) is 17.1 Å². The van der Waals surface area contributed by atoms with E-state index in [0.29, 0.717) is 18.8 Å². The fraction of sp³-hybridized carbons (Fsp3) is 0.278. The predicted molar refractivity (Wildman–Crippen MR) is 176 cm³/mol. The van der Waals surface area contributed by atoms with E-state index < -0.39 is 0 Å². The molecular formula is C36H36N6O3. The van der Waals surface area contributed by atoms with Crippen LogP contribution >= 0.6 is 0 Å². The van der Waals surface area contributed by atoms with E-state index in [9.17, 15) is 9.59 Å². The van der Waals surface area contributed by atoms with E-state index in [1.807, 2.05) is 65.6 Å². The third-order valence-electron chi connectivity index (χ3n) is 8.60. The number of H-pyrrole nitrogens is 1. The Morgan fingerprint density at radius 1 is 0.911 bits per heavy atom. The number of aromatic amines is 1. The van der Waals surface area contributed by atoms with Crippen molar-refractivity contribution >= 4 is 34.2 Å². The number of benzene rings is 3. The second-order valence-corrected chi connectivity index (χ2v) is 11.7. The molecule has 9 nitrogen and oxygen atoms in total. The minimum Gasteiger partial charge on any atom is -0.484 e. The number of imidazole rings is 1. The summed E-state index contributed by atoms with van der Waals surface area (Å²) in [6, 6.07) is 23.7. The molecule has 228 valence electrons. The Kier molecular flexibility index (Phi) is 8.14. The van der Waals surface area contributed by atoms with Crippen LogP contribution < -0.4 is 19.9 Å². The highest BCUT2D eigenvalue weighted by Gasteiger charge is 2.29. The van der Waals surface area contributed by atoms with Crippen LogP contribution in [0.2, 0.25) is 0 Å². The molecule has 45 heavy (non-hydrogen) atoms. The van der Waals surface area contributed by atoms with E-state index in [2.05, 4.69) is 32.3 Å². The van der Waals surface area contributed by atoms with Gasteiger partial charge in [0.05, 0.1) is 17.6 Å². The summed E-state index contributed by atoms with van der Waals surface area (Å²) in [5.41, 5.74) is 7.70. The Labute approximate surface area is 262 Å². The van der Waals surface area contributed by atoms with Gasteiger partial charge in [-0.05, 0) is 116 Å². The zero-order valence-corrected chi connectivity index (χ0v) is 25.2. The Morgan fingerprint density at radius 3 is 2.53 bits per heavy atom. The van der Waals surface area contributed by atoms with Crippen LogP contribution in [0.15, 0.2) is 85.2 Å². The SMILES string of the molecule is O=C(COc1ccc(-c2nc3ccc(N4Cc5cc(N6CCCCC6)ccc5C4=O)cc3[nH]2)cc1)NCCCc1ccncc1. The molecular weight excluding hydrogens is 564 g/mol. The predicted octanol–water partition coefficient (Wildman–Crippen LogP) is 5.90. The number of hydrogen-bond donors (Lipinski definition) is 2. The van der Waals surface area contributed by atoms with Gasteiger partial charge in [-0.15, -0.1) is 0 Å². The van der Waals surface area contributed by atoms with Crippen LogP contribution in [0.5, 0.6) is 5.75 Å². The van der Waals surface area contributed by atoms with Gasteiger partial charge in [0.1, 0.15) is 11.6 Å². The van der Waals surface area contributed by atoms with Crippen molar-refractivity contribution in [3.63, 3.8) is 0 Å². The molecule has 1 saturated heterocycles. The molecule has 2 aliphatic rings. The number of aryl methyl sites for hydroxylation is 1. The van der Waals surface area contributed by atoms with Gasteiger partial charge in [-0.3, -0.25) is 14.6 Å². The first kappa shape index (κ1) is 28.6. The average molecular weight is 601 g/mol. The van der Waals surface area contributed by atoms with Crippen LogP contribution in [0.25, 0.3) is 22.4 Å². The highest BCUT2D eigenvalue weighted by Crippen LogP contribution is 2.33. The number of ether oxygens (including phenoxy) is 1. The number of anilines is 2. The summed E-state index contributed by atoms with van der Waals surface area (Å²) in [4.78, 5) is 42.0. The van der Waals surface area contributed by atoms with Crippen LogP contribution in [0.1, 0.15) is 47.2 Å². The number of rotatable bonds is 10. The topological polar surface area (TPSA) is 103 Å². The van der Waals surface area contributed by atoms with Gasteiger partial charge in [0, 0.05) is 54.5 Å². The van der Waals surface area contributed by atoms with Crippen LogP contribution in [-0.2, 0) is 17.8 Å². The second kappa shape index (κ2) is 12.8. The van der Waals surface area contributed by atoms with Crippen molar-refractivity contribution in [1.82, 2.24) is 20.3 Å². The molecule has 2 aromatic heterocycles. The Balaban J connectivity index is 0.953. The number of aromatic nitrogens is 3. The van der Waals surface area contributed by atoms with Crippen molar-refractivity contribution in [2.75, 3.05) is 36.0 Å². The van der Waals surface area contributed by atoms with Gasteiger partial charge in [-0.1, -0.05) is 0 Å². The number of carbonyl (C=O) groups is 2. The van der Waals surface area contributed by atoms with Gasteiger partial charge in [-0.25, -0.2) is 4.98 Å². The minimum absolute atomic E-state index is 0.0310. The summed E-state index contributed by atoms with van der Waals surface area (Å²) in [5, 5.41) is 2.90. The van der Waals surface area contributed by atoms with E-state index in [1.165, 1.54) is 30.5 Å². The monoisotopic (exact) mass is 600 g/mol. The third-order valence-corrected chi connectivity index (χ3v) is 8.60. The van der Waals surface area contributed by atoms with Crippen molar-refractivity contribution in [1.29, 1.82) is 0 Å². The van der Waals surface area contributed by atoms with Gasteiger partial charge >= 0.3 is 0 Å². The first-order valence-corrected chi connectivity index (χ1v) is 15.7.